The van der Waals surface area contributed by atoms with Crippen molar-refractivity contribution in [2.45, 2.75) is 71.1 Å². The molecule has 0 saturated carbocycles. The van der Waals surface area contributed by atoms with Crippen LogP contribution in [0.25, 0.3) is 21.5 Å². The summed E-state index contributed by atoms with van der Waals surface area (Å²) in [6, 6.07) is 27.0. The van der Waals surface area contributed by atoms with Crippen molar-refractivity contribution >= 4 is 62.0 Å². The lowest BCUT2D eigenvalue weighted by Gasteiger charge is -2.13. The number of phenolic OH excluding ortho intramolecular Hbond substituents is 1. The number of carbonyl (C=O) groups excluding carboxylic acids is 2. The fourth-order valence-corrected chi connectivity index (χ4v) is 6.06. The van der Waals surface area contributed by atoms with Crippen molar-refractivity contribution in [2.75, 3.05) is 11.9 Å². The third-order valence-corrected chi connectivity index (χ3v) is 8.76. The summed E-state index contributed by atoms with van der Waals surface area (Å²) in [6.45, 7) is 2.84. The predicted octanol–water partition coefficient (Wildman–Crippen LogP) is 11.7. The lowest BCUT2D eigenvalue weighted by Crippen LogP contribution is -2.24. The van der Waals surface area contributed by atoms with Gasteiger partial charge in [0.2, 0.25) is 0 Å². The summed E-state index contributed by atoms with van der Waals surface area (Å²) in [5.41, 5.74) is 1.69. The van der Waals surface area contributed by atoms with Crippen LogP contribution in [0, 0.1) is 0 Å². The number of fused-ring (bicyclic) bond motifs is 2. The smallest absolute Gasteiger partial charge is 0.259 e. The maximum absolute atomic E-state index is 13.7. The molecule has 0 unspecified atom stereocenters. The van der Waals surface area contributed by atoms with Gasteiger partial charge in [0.25, 0.3) is 11.8 Å². The Morgan fingerprint density at radius 2 is 1.40 bits per heavy atom. The van der Waals surface area contributed by atoms with Crippen molar-refractivity contribution in [1.82, 2.24) is 5.32 Å². The molecule has 8 heteroatoms. The second kappa shape index (κ2) is 17.4. The Morgan fingerprint density at radius 1 is 0.688 bits per heavy atom. The molecule has 0 heterocycles. The predicted molar refractivity (Wildman–Crippen MR) is 197 cm³/mol. The molecule has 5 rings (SSSR count). The Hall–Kier alpha value is -4.75. The summed E-state index contributed by atoms with van der Waals surface area (Å²) < 4.78 is 0. The summed E-state index contributed by atoms with van der Waals surface area (Å²) in [6.07, 6.45) is 12.3. The number of hydrogen-bond donors (Lipinski definition) is 3. The van der Waals surface area contributed by atoms with Gasteiger partial charge in [-0.1, -0.05) is 125 Å². The first kappa shape index (κ1) is 34.6. The van der Waals surface area contributed by atoms with E-state index in [9.17, 15) is 14.7 Å². The van der Waals surface area contributed by atoms with Gasteiger partial charge in [0.05, 0.1) is 11.3 Å². The van der Waals surface area contributed by atoms with E-state index in [1.165, 1.54) is 51.4 Å². The summed E-state index contributed by atoms with van der Waals surface area (Å²) in [7, 11) is 0. The SMILES string of the molecule is CCCCCCCCCCCCNC(=O)c1ccc2c(N=Nc3cccc(Cl)c3)c(O)c(C(=O)Nc3cccc4ccccc34)cc2c1. The second-order valence-corrected chi connectivity index (χ2v) is 12.6. The number of carbonyl (C=O) groups is 2. The van der Waals surface area contributed by atoms with Gasteiger partial charge < -0.3 is 15.7 Å². The Labute approximate surface area is 287 Å². The molecule has 0 bridgehead atoms. The molecule has 48 heavy (non-hydrogen) atoms. The maximum atomic E-state index is 13.7. The van der Waals surface area contributed by atoms with Gasteiger partial charge >= 0.3 is 0 Å². The van der Waals surface area contributed by atoms with Gasteiger partial charge in [-0.25, -0.2) is 0 Å². The lowest BCUT2D eigenvalue weighted by molar-refractivity contribution is 0.0952. The molecular weight excluding hydrogens is 620 g/mol. The average Bonchev–Trinajstić information content (AvgIpc) is 3.10. The summed E-state index contributed by atoms with van der Waals surface area (Å²) in [4.78, 5) is 26.8. The van der Waals surface area contributed by atoms with Gasteiger partial charge in [-0.05, 0) is 59.7 Å². The number of aromatic hydroxyl groups is 1. The lowest BCUT2D eigenvalue weighted by atomic mass is 10.00. The number of rotatable bonds is 16. The summed E-state index contributed by atoms with van der Waals surface area (Å²) >= 11 is 6.14. The number of nitrogens with zero attached hydrogens (tertiary/aromatic N) is 2. The molecule has 0 atom stereocenters. The summed E-state index contributed by atoms with van der Waals surface area (Å²) in [5, 5.41) is 29.5. The highest BCUT2D eigenvalue weighted by Crippen LogP contribution is 2.40. The van der Waals surface area contributed by atoms with E-state index in [1.807, 2.05) is 42.5 Å². The number of benzene rings is 5. The molecule has 0 aromatic heterocycles. The fraction of sp³-hybridized carbons (Fsp3) is 0.300. The van der Waals surface area contributed by atoms with Gasteiger partial charge in [0.1, 0.15) is 5.69 Å². The molecule has 3 N–H and O–H groups in total. The Bertz CT molecular complexity index is 1900. The first-order chi connectivity index (χ1) is 23.4. The number of halogens is 1. The van der Waals surface area contributed by atoms with Crippen molar-refractivity contribution < 1.29 is 14.7 Å². The standard InChI is InChI=1S/C40H43ClN4O3/c1-2-3-4-5-6-7-8-9-10-13-24-42-39(47)29-22-23-34-30(25-29)26-35(38(46)37(34)45-44-32-19-15-18-31(41)27-32)40(48)43-36-21-14-17-28-16-11-12-20-33(28)36/h11-12,14-23,25-27,46H,2-10,13,24H2,1H3,(H,42,47)(H,43,48). The molecular formula is C40H43ClN4O3. The zero-order valence-corrected chi connectivity index (χ0v) is 28.2. The number of anilines is 1. The van der Waals surface area contributed by atoms with Crippen LogP contribution in [-0.4, -0.2) is 23.5 Å². The number of unbranched alkanes of at least 4 members (excludes halogenated alkanes) is 9. The molecule has 0 saturated heterocycles. The van der Waals surface area contributed by atoms with E-state index in [2.05, 4.69) is 27.8 Å². The van der Waals surface area contributed by atoms with Crippen molar-refractivity contribution in [3.05, 3.63) is 107 Å². The van der Waals surface area contributed by atoms with Crippen molar-refractivity contribution in [1.29, 1.82) is 0 Å². The van der Waals surface area contributed by atoms with Crippen LogP contribution in [0.4, 0.5) is 17.1 Å². The molecule has 248 valence electrons. The molecule has 7 nitrogen and oxygen atoms in total. The monoisotopic (exact) mass is 662 g/mol. The zero-order valence-electron chi connectivity index (χ0n) is 27.5. The average molecular weight is 663 g/mol. The van der Waals surface area contributed by atoms with E-state index in [1.54, 1.807) is 48.5 Å². The van der Waals surface area contributed by atoms with Crippen molar-refractivity contribution in [3.63, 3.8) is 0 Å². The number of amides is 2. The number of nitrogens with one attached hydrogen (secondary N) is 2. The van der Waals surface area contributed by atoms with Crippen LogP contribution >= 0.6 is 11.6 Å². The molecule has 0 aliphatic heterocycles. The van der Waals surface area contributed by atoms with Gasteiger partial charge in [-0.3, -0.25) is 9.59 Å². The van der Waals surface area contributed by atoms with E-state index >= 15 is 0 Å². The Balaban J connectivity index is 1.34. The Morgan fingerprint density at radius 3 is 2.17 bits per heavy atom. The minimum Gasteiger partial charge on any atom is -0.505 e. The molecule has 2 amide bonds. The fourth-order valence-electron chi connectivity index (χ4n) is 5.88. The van der Waals surface area contributed by atoms with Crippen LogP contribution in [0.1, 0.15) is 91.8 Å². The third kappa shape index (κ3) is 9.20. The highest BCUT2D eigenvalue weighted by molar-refractivity contribution is 6.30. The largest absolute Gasteiger partial charge is 0.505 e. The quantitative estimate of drug-likeness (QED) is 0.0723. The third-order valence-electron chi connectivity index (χ3n) is 8.52. The zero-order chi connectivity index (χ0) is 33.7. The maximum Gasteiger partial charge on any atom is 0.259 e. The second-order valence-electron chi connectivity index (χ2n) is 12.2. The van der Waals surface area contributed by atoms with Gasteiger partial charge in [-0.2, -0.15) is 5.11 Å². The highest BCUT2D eigenvalue weighted by Gasteiger charge is 2.20. The number of azo groups is 1. The topological polar surface area (TPSA) is 103 Å². The van der Waals surface area contributed by atoms with Crippen LogP contribution in [0.3, 0.4) is 0 Å². The first-order valence-electron chi connectivity index (χ1n) is 17.0. The molecule has 0 aliphatic rings. The molecule has 5 aromatic carbocycles. The van der Waals surface area contributed by atoms with E-state index in [0.717, 1.165) is 23.6 Å². The minimum atomic E-state index is -0.513. The van der Waals surface area contributed by atoms with Crippen molar-refractivity contribution in [2.24, 2.45) is 10.2 Å². The summed E-state index contributed by atoms with van der Waals surface area (Å²) in [5.74, 6) is -1.02. The van der Waals surface area contributed by atoms with E-state index in [-0.39, 0.29) is 22.9 Å². The first-order valence-corrected chi connectivity index (χ1v) is 17.4. The molecule has 0 radical (unpaired) electrons. The van der Waals surface area contributed by atoms with Gasteiger partial charge in [-0.15, -0.1) is 5.11 Å². The highest BCUT2D eigenvalue weighted by atomic mass is 35.5. The Kier molecular flexibility index (Phi) is 12.5. The van der Waals surface area contributed by atoms with E-state index in [4.69, 9.17) is 11.6 Å². The van der Waals surface area contributed by atoms with Crippen molar-refractivity contribution in [3.8, 4) is 5.75 Å². The molecule has 0 aliphatic carbocycles. The molecule has 0 fully saturated rings. The van der Waals surface area contributed by atoms with E-state index in [0.29, 0.717) is 39.3 Å². The minimum absolute atomic E-state index is 0.0124. The normalized spacial score (nSPS) is 11.4. The van der Waals surface area contributed by atoms with Crippen LogP contribution < -0.4 is 10.6 Å². The number of phenols is 1. The molecule has 0 spiro atoms. The van der Waals surface area contributed by atoms with Gasteiger partial charge in [0.15, 0.2) is 5.75 Å². The molecule has 5 aromatic rings. The van der Waals surface area contributed by atoms with Crippen LogP contribution in [0.5, 0.6) is 5.75 Å². The van der Waals surface area contributed by atoms with Gasteiger partial charge in [0, 0.05) is 33.6 Å². The van der Waals surface area contributed by atoms with Crippen LogP contribution in [0.2, 0.25) is 5.02 Å². The van der Waals surface area contributed by atoms with Crippen LogP contribution in [0.15, 0.2) is 101 Å². The van der Waals surface area contributed by atoms with Crippen LogP contribution in [-0.2, 0) is 0 Å². The van der Waals surface area contributed by atoms with E-state index < -0.39 is 5.91 Å². The number of hydrogen-bond acceptors (Lipinski definition) is 5.